The monoisotopic (exact) mass is 652 g/mol. The molecule has 1 N–H and O–H groups in total. The Kier molecular flexibility index (Phi) is 8.43. The molecule has 4 aliphatic rings. The molecule has 0 fully saturated rings. The number of carbonyl (C=O) groups is 1. The third-order valence-corrected chi connectivity index (χ3v) is 9.88. The maximum Gasteiger partial charge on any atom is 0.210 e. The molecule has 10 heteroatoms. The normalized spacial score (nSPS) is 18.4. The molecule has 0 radical (unpaired) electrons. The van der Waals surface area contributed by atoms with Gasteiger partial charge in [-0.2, -0.15) is 0 Å². The maximum absolute atomic E-state index is 12.6. The van der Waals surface area contributed by atoms with Crippen molar-refractivity contribution >= 4 is 6.41 Å². The van der Waals surface area contributed by atoms with E-state index >= 15 is 0 Å². The summed E-state index contributed by atoms with van der Waals surface area (Å²) in [6, 6.07) is 17.3. The fourth-order valence-electron chi connectivity index (χ4n) is 7.36. The van der Waals surface area contributed by atoms with Crippen LogP contribution in [-0.4, -0.2) is 69.9 Å². The summed E-state index contributed by atoms with van der Waals surface area (Å²) in [6.07, 6.45) is 3.27. The summed E-state index contributed by atoms with van der Waals surface area (Å²) in [6.45, 7) is 1.27. The summed E-state index contributed by atoms with van der Waals surface area (Å²) < 4.78 is 36.5. The number of hydrogen-bond acceptors (Lipinski definition) is 9. The second-order valence-corrected chi connectivity index (χ2v) is 12.4. The molecule has 0 saturated carbocycles. The fraction of sp³-hybridized carbons (Fsp3) is 0.342. The van der Waals surface area contributed by atoms with Crippen molar-refractivity contribution < 1.29 is 38.3 Å². The molecule has 4 heterocycles. The lowest BCUT2D eigenvalue weighted by Crippen LogP contribution is -2.36. The van der Waals surface area contributed by atoms with E-state index in [1.807, 2.05) is 42.5 Å². The molecule has 8 rings (SSSR count). The number of aromatic hydroxyl groups is 1. The third-order valence-electron chi connectivity index (χ3n) is 9.88. The molecule has 0 saturated heterocycles. The van der Waals surface area contributed by atoms with Crippen LogP contribution in [0.2, 0.25) is 0 Å². The minimum Gasteiger partial charge on any atom is -0.502 e. The largest absolute Gasteiger partial charge is 0.502 e. The summed E-state index contributed by atoms with van der Waals surface area (Å²) in [5.41, 5.74) is 5.73. The third kappa shape index (κ3) is 5.39. The average Bonchev–Trinajstić information content (AvgIpc) is 3.10. The lowest BCUT2D eigenvalue weighted by molar-refractivity contribution is -0.120. The molecule has 8 bridgehead atoms. The first-order valence-corrected chi connectivity index (χ1v) is 16.1. The molecule has 48 heavy (non-hydrogen) atoms. The highest BCUT2D eigenvalue weighted by Crippen LogP contribution is 2.54. The number of likely N-dealkylation sites (N-methyl/N-ethyl adjacent to an activating group) is 1. The van der Waals surface area contributed by atoms with Gasteiger partial charge in [0.25, 0.3) is 0 Å². The predicted octanol–water partition coefficient (Wildman–Crippen LogP) is 6.39. The lowest BCUT2D eigenvalue weighted by Gasteiger charge is -2.38. The zero-order valence-corrected chi connectivity index (χ0v) is 27.9. The number of fused-ring (bicyclic) bond motifs is 2. The van der Waals surface area contributed by atoms with Crippen molar-refractivity contribution in [2.75, 3.05) is 48.6 Å². The Hall–Kier alpha value is -5.09. The molecule has 0 aliphatic carbocycles. The molecule has 4 aromatic carbocycles. The van der Waals surface area contributed by atoms with Gasteiger partial charge in [-0.3, -0.25) is 9.69 Å². The first-order valence-electron chi connectivity index (χ1n) is 16.1. The van der Waals surface area contributed by atoms with Crippen LogP contribution in [0.15, 0.2) is 54.6 Å². The van der Waals surface area contributed by atoms with Crippen LogP contribution in [-0.2, 0) is 30.5 Å². The molecule has 4 aromatic rings. The van der Waals surface area contributed by atoms with E-state index in [1.165, 1.54) is 7.11 Å². The number of benzene rings is 4. The van der Waals surface area contributed by atoms with Crippen LogP contribution in [0.3, 0.4) is 0 Å². The van der Waals surface area contributed by atoms with Crippen LogP contribution in [0.1, 0.15) is 45.5 Å². The highest BCUT2D eigenvalue weighted by atomic mass is 16.5. The smallest absolute Gasteiger partial charge is 0.210 e. The molecule has 2 atom stereocenters. The van der Waals surface area contributed by atoms with Gasteiger partial charge >= 0.3 is 0 Å². The molecule has 10 nitrogen and oxygen atoms in total. The molecule has 1 amide bonds. The Morgan fingerprint density at radius 2 is 1.50 bits per heavy atom. The van der Waals surface area contributed by atoms with E-state index in [9.17, 15) is 9.90 Å². The Bertz CT molecular complexity index is 1860. The Morgan fingerprint density at radius 1 is 0.771 bits per heavy atom. The number of carbonyl (C=O) groups excluding carboxylic acids is 1. The molecule has 4 aliphatic heterocycles. The molecule has 0 spiro atoms. The number of hydrogen-bond donors (Lipinski definition) is 1. The number of rotatable bonds is 5. The number of amides is 1. The second-order valence-electron chi connectivity index (χ2n) is 12.4. The predicted molar refractivity (Wildman–Crippen MR) is 179 cm³/mol. The lowest BCUT2D eigenvalue weighted by atomic mass is 9.86. The van der Waals surface area contributed by atoms with Crippen molar-refractivity contribution in [3.8, 4) is 51.7 Å². The van der Waals surface area contributed by atoms with E-state index in [1.54, 1.807) is 26.2 Å². The van der Waals surface area contributed by atoms with Crippen LogP contribution in [0, 0.1) is 0 Å². The van der Waals surface area contributed by atoms with Gasteiger partial charge in [-0.05, 0) is 91.4 Å². The standard InChI is InChI=1S/C38H40N2O8/c1-39-14-13-26-27-20-33(45-4)37(46-5)36(26)48-38-34-24(19-32(44-3)35(38)42)12-15-40(21-41)29(34)17-23-8-11-30(43-2)31(18-23)47-25-9-6-22(7-10-25)16-28(27)39/h6-11,18-21,28-29,42H,12-17H2,1-5H3/t28-,29+/m1/s1. The fourth-order valence-corrected chi connectivity index (χ4v) is 7.36. The van der Waals surface area contributed by atoms with E-state index in [-0.39, 0.29) is 17.5 Å². The van der Waals surface area contributed by atoms with Crippen molar-refractivity contribution in [2.24, 2.45) is 0 Å². The molecule has 0 aromatic heterocycles. The van der Waals surface area contributed by atoms with Gasteiger partial charge in [0.15, 0.2) is 34.5 Å². The Balaban J connectivity index is 1.51. The van der Waals surface area contributed by atoms with E-state index in [2.05, 4.69) is 24.1 Å². The summed E-state index contributed by atoms with van der Waals surface area (Å²) in [4.78, 5) is 16.7. The van der Waals surface area contributed by atoms with Crippen LogP contribution in [0.4, 0.5) is 0 Å². The summed E-state index contributed by atoms with van der Waals surface area (Å²) in [7, 11) is 8.45. The van der Waals surface area contributed by atoms with Crippen molar-refractivity contribution in [1.29, 1.82) is 0 Å². The van der Waals surface area contributed by atoms with Gasteiger partial charge in [-0.15, -0.1) is 0 Å². The number of nitrogens with zero attached hydrogens (tertiary/aromatic N) is 2. The number of phenols is 1. The zero-order valence-electron chi connectivity index (χ0n) is 27.9. The number of methoxy groups -OCH3 is 4. The van der Waals surface area contributed by atoms with E-state index in [4.69, 9.17) is 28.4 Å². The first kappa shape index (κ1) is 31.5. The Labute approximate surface area is 280 Å². The highest BCUT2D eigenvalue weighted by Gasteiger charge is 2.37. The maximum atomic E-state index is 12.6. The van der Waals surface area contributed by atoms with Gasteiger partial charge in [-0.25, -0.2) is 0 Å². The van der Waals surface area contributed by atoms with E-state index < -0.39 is 6.04 Å². The van der Waals surface area contributed by atoms with Crippen LogP contribution < -0.4 is 28.4 Å². The Morgan fingerprint density at radius 3 is 2.21 bits per heavy atom. The minimum absolute atomic E-state index is 0.00413. The van der Waals surface area contributed by atoms with Gasteiger partial charge in [-0.1, -0.05) is 18.2 Å². The summed E-state index contributed by atoms with van der Waals surface area (Å²) in [5.74, 6) is 3.66. The summed E-state index contributed by atoms with van der Waals surface area (Å²) in [5, 5.41) is 11.8. The average molecular weight is 653 g/mol. The van der Waals surface area contributed by atoms with Crippen molar-refractivity contribution in [1.82, 2.24) is 9.80 Å². The van der Waals surface area contributed by atoms with Gasteiger partial charge < -0.3 is 38.4 Å². The van der Waals surface area contributed by atoms with Crippen LogP contribution >= 0.6 is 0 Å². The van der Waals surface area contributed by atoms with Gasteiger partial charge in [0.05, 0.1) is 34.5 Å². The molecular weight excluding hydrogens is 612 g/mol. The van der Waals surface area contributed by atoms with Crippen LogP contribution in [0.25, 0.3) is 0 Å². The SMILES string of the molecule is COc1ccc2cc1Oc1ccc(cc1)C[C@@H]1c3cc(OC)c(OC)c(c3CCN1C)Oc1c(O)c(OC)cc3c1[C@H](C2)N(C=O)CC3. The van der Waals surface area contributed by atoms with E-state index in [0.29, 0.717) is 71.6 Å². The van der Waals surface area contributed by atoms with Crippen molar-refractivity contribution in [3.63, 3.8) is 0 Å². The molecular formula is C38H40N2O8. The van der Waals surface area contributed by atoms with Gasteiger partial charge in [0.1, 0.15) is 5.75 Å². The van der Waals surface area contributed by atoms with Crippen molar-refractivity contribution in [3.05, 3.63) is 88.0 Å². The first-order chi connectivity index (χ1) is 23.4. The molecule has 250 valence electrons. The van der Waals surface area contributed by atoms with Gasteiger partial charge in [0, 0.05) is 30.3 Å². The van der Waals surface area contributed by atoms with Crippen LogP contribution in [0.5, 0.6) is 51.7 Å². The zero-order chi connectivity index (χ0) is 33.5. The second kappa shape index (κ2) is 12.8. The summed E-state index contributed by atoms with van der Waals surface area (Å²) >= 11 is 0. The van der Waals surface area contributed by atoms with Crippen molar-refractivity contribution in [2.45, 2.75) is 37.8 Å². The quantitative estimate of drug-likeness (QED) is 0.246. The minimum atomic E-state index is -0.469. The number of phenolic OH excluding ortho intramolecular Hbond substituents is 1. The highest BCUT2D eigenvalue weighted by molar-refractivity contribution is 5.67. The number of ether oxygens (including phenoxy) is 6. The van der Waals surface area contributed by atoms with Gasteiger partial charge in [0.2, 0.25) is 17.9 Å². The van der Waals surface area contributed by atoms with E-state index in [0.717, 1.165) is 47.2 Å². The molecule has 0 unspecified atom stereocenters. The topological polar surface area (TPSA) is 99.2 Å².